The molecule has 0 aliphatic rings. The van der Waals surface area contributed by atoms with Gasteiger partial charge in [0.15, 0.2) is 0 Å². The van der Waals surface area contributed by atoms with Gasteiger partial charge in [-0.2, -0.15) is 11.8 Å². The van der Waals surface area contributed by atoms with E-state index >= 15 is 0 Å². The van der Waals surface area contributed by atoms with Crippen LogP contribution in [0, 0.1) is 5.92 Å². The van der Waals surface area contributed by atoms with Crippen molar-refractivity contribution in [2.24, 2.45) is 5.92 Å². The SMILES string of the molecule is COC(=O)[C@H](CSC)NC(=O)[C@H](CC(C)C)NC(=O)OC(C)(C)C. The zero-order valence-electron chi connectivity index (χ0n) is 15.6. The quantitative estimate of drug-likeness (QED) is 0.641. The van der Waals surface area contributed by atoms with Crippen LogP contribution in [0.25, 0.3) is 0 Å². The second-order valence-corrected chi connectivity index (χ2v) is 7.78. The van der Waals surface area contributed by atoms with Crippen molar-refractivity contribution in [3.8, 4) is 0 Å². The molecule has 24 heavy (non-hydrogen) atoms. The zero-order valence-corrected chi connectivity index (χ0v) is 16.4. The molecule has 7 nitrogen and oxygen atoms in total. The average molecular weight is 362 g/mol. The van der Waals surface area contributed by atoms with Crippen LogP contribution in [0.1, 0.15) is 41.0 Å². The summed E-state index contributed by atoms with van der Waals surface area (Å²) in [5, 5.41) is 5.21. The van der Waals surface area contributed by atoms with Crippen LogP contribution in [0.4, 0.5) is 4.79 Å². The monoisotopic (exact) mass is 362 g/mol. The van der Waals surface area contributed by atoms with Crippen molar-refractivity contribution in [3.05, 3.63) is 0 Å². The maximum Gasteiger partial charge on any atom is 0.408 e. The smallest absolute Gasteiger partial charge is 0.408 e. The Morgan fingerprint density at radius 2 is 1.67 bits per heavy atom. The molecule has 0 saturated heterocycles. The fourth-order valence-electron chi connectivity index (χ4n) is 1.90. The van der Waals surface area contributed by atoms with Gasteiger partial charge in [-0.3, -0.25) is 4.79 Å². The summed E-state index contributed by atoms with van der Waals surface area (Å²) in [5.74, 6) is -0.385. The fourth-order valence-corrected chi connectivity index (χ4v) is 2.46. The Hall–Kier alpha value is -1.44. The Labute approximate surface area is 148 Å². The van der Waals surface area contributed by atoms with Gasteiger partial charge in [0.2, 0.25) is 5.91 Å². The summed E-state index contributed by atoms with van der Waals surface area (Å²) in [6, 6.07) is -1.54. The summed E-state index contributed by atoms with van der Waals surface area (Å²) >= 11 is 1.42. The number of hydrogen-bond acceptors (Lipinski definition) is 6. The molecule has 0 aliphatic heterocycles. The summed E-state index contributed by atoms with van der Waals surface area (Å²) in [6.07, 6.45) is 1.59. The lowest BCUT2D eigenvalue weighted by molar-refractivity contribution is -0.144. The third-order valence-electron chi connectivity index (χ3n) is 2.85. The molecule has 2 N–H and O–H groups in total. The van der Waals surface area contributed by atoms with Crippen LogP contribution >= 0.6 is 11.8 Å². The topological polar surface area (TPSA) is 93.7 Å². The van der Waals surface area contributed by atoms with Gasteiger partial charge in [-0.15, -0.1) is 0 Å². The lowest BCUT2D eigenvalue weighted by Gasteiger charge is -2.25. The van der Waals surface area contributed by atoms with Crippen molar-refractivity contribution in [3.63, 3.8) is 0 Å². The Bertz CT molecular complexity index is 435. The molecule has 0 heterocycles. The fraction of sp³-hybridized carbons (Fsp3) is 0.812. The van der Waals surface area contributed by atoms with Gasteiger partial charge in [0.1, 0.15) is 17.7 Å². The molecule has 2 atom stereocenters. The minimum Gasteiger partial charge on any atom is -0.467 e. The molecule has 0 aromatic carbocycles. The lowest BCUT2D eigenvalue weighted by atomic mass is 10.0. The highest BCUT2D eigenvalue weighted by atomic mass is 32.2. The normalized spacial score (nSPS) is 13.8. The summed E-state index contributed by atoms with van der Waals surface area (Å²) in [7, 11) is 1.27. The molecule has 0 spiro atoms. The Morgan fingerprint density at radius 3 is 2.08 bits per heavy atom. The molecule has 140 valence electrons. The van der Waals surface area contributed by atoms with Gasteiger partial charge in [-0.1, -0.05) is 13.8 Å². The number of methoxy groups -OCH3 is 1. The third kappa shape index (κ3) is 9.64. The molecule has 0 aromatic rings. The summed E-state index contributed by atoms with van der Waals surface area (Å²) in [6.45, 7) is 9.12. The predicted molar refractivity (Wildman–Crippen MR) is 94.9 cm³/mol. The second kappa shape index (κ2) is 10.4. The molecule has 0 fully saturated rings. The van der Waals surface area contributed by atoms with Crippen LogP contribution < -0.4 is 10.6 Å². The average Bonchev–Trinajstić information content (AvgIpc) is 2.42. The second-order valence-electron chi connectivity index (χ2n) is 6.87. The highest BCUT2D eigenvalue weighted by Crippen LogP contribution is 2.10. The Morgan fingerprint density at radius 1 is 1.08 bits per heavy atom. The van der Waals surface area contributed by atoms with Crippen LogP contribution in [0.15, 0.2) is 0 Å². The van der Waals surface area contributed by atoms with E-state index in [0.29, 0.717) is 12.2 Å². The summed E-state index contributed by atoms with van der Waals surface area (Å²) in [5.41, 5.74) is -0.656. The van der Waals surface area contributed by atoms with Crippen molar-refractivity contribution in [1.29, 1.82) is 0 Å². The number of hydrogen-bond donors (Lipinski definition) is 2. The number of esters is 1. The van der Waals surface area contributed by atoms with Crippen LogP contribution in [0.2, 0.25) is 0 Å². The first kappa shape index (κ1) is 22.6. The van der Waals surface area contributed by atoms with E-state index in [4.69, 9.17) is 9.47 Å². The van der Waals surface area contributed by atoms with Gasteiger partial charge in [0.25, 0.3) is 0 Å². The van der Waals surface area contributed by atoms with Crippen LogP contribution in [0.3, 0.4) is 0 Å². The Kier molecular flexibility index (Phi) is 9.80. The van der Waals surface area contributed by atoms with E-state index in [1.165, 1.54) is 18.9 Å². The van der Waals surface area contributed by atoms with E-state index in [2.05, 4.69) is 10.6 Å². The molecule has 0 saturated carbocycles. The number of alkyl carbamates (subject to hydrolysis) is 1. The van der Waals surface area contributed by atoms with E-state index in [-0.39, 0.29) is 5.92 Å². The number of carbonyl (C=O) groups is 3. The predicted octanol–water partition coefficient (Wildman–Crippen LogP) is 1.95. The van der Waals surface area contributed by atoms with Crippen molar-refractivity contribution >= 4 is 29.7 Å². The van der Waals surface area contributed by atoms with Crippen LogP contribution in [-0.2, 0) is 19.1 Å². The zero-order chi connectivity index (χ0) is 18.9. The van der Waals surface area contributed by atoms with E-state index < -0.39 is 35.7 Å². The minimum atomic E-state index is -0.783. The van der Waals surface area contributed by atoms with Gasteiger partial charge >= 0.3 is 12.1 Å². The summed E-state index contributed by atoms with van der Waals surface area (Å²) in [4.78, 5) is 36.2. The van der Waals surface area contributed by atoms with Crippen molar-refractivity contribution < 1.29 is 23.9 Å². The molecule has 2 amide bonds. The van der Waals surface area contributed by atoms with E-state index in [9.17, 15) is 14.4 Å². The van der Waals surface area contributed by atoms with Gasteiger partial charge in [0.05, 0.1) is 7.11 Å². The maximum absolute atomic E-state index is 12.5. The molecule has 8 heteroatoms. The molecule has 0 aromatic heterocycles. The standard InChI is InChI=1S/C16H30N2O5S/c1-10(2)8-11(18-15(21)23-16(3,4)5)13(19)17-12(9-24-7)14(20)22-6/h10-12H,8-9H2,1-7H3,(H,17,19)(H,18,21)/t11-,12-/m0/s1. The van der Waals surface area contributed by atoms with Crippen molar-refractivity contribution in [1.82, 2.24) is 10.6 Å². The van der Waals surface area contributed by atoms with Gasteiger partial charge in [-0.25, -0.2) is 9.59 Å². The van der Waals surface area contributed by atoms with Gasteiger partial charge in [-0.05, 0) is 39.4 Å². The first-order chi connectivity index (χ1) is 11.0. The Balaban J connectivity index is 4.98. The van der Waals surface area contributed by atoms with Gasteiger partial charge in [0, 0.05) is 5.75 Å². The number of carbonyl (C=O) groups excluding carboxylic acids is 3. The molecule has 0 unspecified atom stereocenters. The number of nitrogens with one attached hydrogen (secondary N) is 2. The number of ether oxygens (including phenoxy) is 2. The molecule has 0 aliphatic carbocycles. The van der Waals surface area contributed by atoms with E-state index in [1.54, 1.807) is 20.8 Å². The minimum absolute atomic E-state index is 0.174. The molecular weight excluding hydrogens is 332 g/mol. The number of rotatable bonds is 8. The first-order valence-corrected chi connectivity index (χ1v) is 9.26. The number of thioether (sulfide) groups is 1. The van der Waals surface area contributed by atoms with Crippen molar-refractivity contribution in [2.45, 2.75) is 58.7 Å². The molecular formula is C16H30N2O5S. The third-order valence-corrected chi connectivity index (χ3v) is 3.52. The highest BCUT2D eigenvalue weighted by Gasteiger charge is 2.29. The first-order valence-electron chi connectivity index (χ1n) is 7.86. The highest BCUT2D eigenvalue weighted by molar-refractivity contribution is 7.98. The largest absolute Gasteiger partial charge is 0.467 e. The van der Waals surface area contributed by atoms with Crippen molar-refractivity contribution in [2.75, 3.05) is 19.1 Å². The molecule has 0 rings (SSSR count). The summed E-state index contributed by atoms with van der Waals surface area (Å²) < 4.78 is 9.89. The van der Waals surface area contributed by atoms with Gasteiger partial charge < -0.3 is 20.1 Å². The van der Waals surface area contributed by atoms with E-state index in [0.717, 1.165) is 0 Å². The number of amides is 2. The van der Waals surface area contributed by atoms with Crippen LogP contribution in [0.5, 0.6) is 0 Å². The lowest BCUT2D eigenvalue weighted by Crippen LogP contribution is -2.53. The molecule has 0 radical (unpaired) electrons. The maximum atomic E-state index is 12.5. The van der Waals surface area contributed by atoms with Crippen LogP contribution in [-0.4, -0.2) is 54.8 Å². The van der Waals surface area contributed by atoms with E-state index in [1.807, 2.05) is 20.1 Å². The molecule has 0 bridgehead atoms.